The van der Waals surface area contributed by atoms with E-state index in [0.717, 1.165) is 30.6 Å². The van der Waals surface area contributed by atoms with Crippen molar-refractivity contribution in [1.82, 2.24) is 4.90 Å². The van der Waals surface area contributed by atoms with Gasteiger partial charge in [-0.15, -0.1) is 0 Å². The summed E-state index contributed by atoms with van der Waals surface area (Å²) in [4.78, 5) is 14.7. The second-order valence-corrected chi connectivity index (χ2v) is 7.25. The topological polar surface area (TPSA) is 58.4 Å². The van der Waals surface area contributed by atoms with Gasteiger partial charge in [0.1, 0.15) is 0 Å². The molecule has 2 atom stereocenters. The fraction of sp³-hybridized carbons (Fsp3) is 0.588. The highest BCUT2D eigenvalue weighted by molar-refractivity contribution is 6.34. The van der Waals surface area contributed by atoms with Crippen molar-refractivity contribution >= 4 is 23.2 Å². The third kappa shape index (κ3) is 3.62. The standard InChI is InChI=1S/C17H26ClN3O/c1-11-7-12(2)15(14(18)8-11)20-16(22)13(3)21-6-5-17(4,9-19)10-21/h7-8,13H,5-6,9-10,19H2,1-4H3,(H,20,22). The van der Waals surface area contributed by atoms with Crippen LogP contribution in [0.15, 0.2) is 12.1 Å². The molecule has 0 aliphatic carbocycles. The Hall–Kier alpha value is -1.10. The van der Waals surface area contributed by atoms with Crippen LogP contribution in [-0.4, -0.2) is 36.5 Å². The zero-order chi connectivity index (χ0) is 16.5. The van der Waals surface area contributed by atoms with Crippen LogP contribution in [0, 0.1) is 19.3 Å². The van der Waals surface area contributed by atoms with E-state index < -0.39 is 0 Å². The molecule has 1 aromatic rings. The van der Waals surface area contributed by atoms with E-state index in [1.54, 1.807) is 0 Å². The van der Waals surface area contributed by atoms with Crippen molar-refractivity contribution in [2.75, 3.05) is 25.0 Å². The number of likely N-dealkylation sites (tertiary alicyclic amines) is 1. The first kappa shape index (κ1) is 17.3. The van der Waals surface area contributed by atoms with Crippen LogP contribution in [0.5, 0.6) is 0 Å². The van der Waals surface area contributed by atoms with E-state index in [0.29, 0.717) is 17.3 Å². The van der Waals surface area contributed by atoms with E-state index in [-0.39, 0.29) is 17.4 Å². The largest absolute Gasteiger partial charge is 0.330 e. The zero-order valence-corrected chi connectivity index (χ0v) is 14.6. The highest BCUT2D eigenvalue weighted by Crippen LogP contribution is 2.31. The second kappa shape index (κ2) is 6.57. The first-order chi connectivity index (χ1) is 10.3. The second-order valence-electron chi connectivity index (χ2n) is 6.84. The molecule has 1 aliphatic heterocycles. The summed E-state index contributed by atoms with van der Waals surface area (Å²) in [7, 11) is 0. The summed E-state index contributed by atoms with van der Waals surface area (Å²) in [5, 5.41) is 3.57. The van der Waals surface area contributed by atoms with E-state index in [1.807, 2.05) is 32.9 Å². The summed E-state index contributed by atoms with van der Waals surface area (Å²) in [6.45, 7) is 10.5. The molecule has 1 heterocycles. The molecule has 22 heavy (non-hydrogen) atoms. The number of benzene rings is 1. The van der Waals surface area contributed by atoms with Crippen molar-refractivity contribution in [1.29, 1.82) is 0 Å². The van der Waals surface area contributed by atoms with Crippen molar-refractivity contribution in [2.45, 2.75) is 40.2 Å². The number of nitrogens with two attached hydrogens (primary N) is 1. The Bertz CT molecular complexity index is 552. The molecule has 0 aromatic heterocycles. The van der Waals surface area contributed by atoms with Crippen LogP contribution in [0.1, 0.15) is 31.4 Å². The van der Waals surface area contributed by atoms with Crippen LogP contribution in [0.2, 0.25) is 5.02 Å². The molecule has 1 fully saturated rings. The lowest BCUT2D eigenvalue weighted by molar-refractivity contribution is -0.120. The molecule has 122 valence electrons. The maximum atomic E-state index is 12.5. The summed E-state index contributed by atoms with van der Waals surface area (Å²) in [5.41, 5.74) is 8.74. The number of carbonyl (C=O) groups excluding carboxylic acids is 1. The van der Waals surface area contributed by atoms with Crippen molar-refractivity contribution < 1.29 is 4.79 Å². The molecule has 1 aliphatic rings. The van der Waals surface area contributed by atoms with Crippen molar-refractivity contribution in [3.63, 3.8) is 0 Å². The number of anilines is 1. The third-order valence-corrected chi connectivity index (χ3v) is 4.99. The maximum Gasteiger partial charge on any atom is 0.241 e. The fourth-order valence-corrected chi connectivity index (χ4v) is 3.40. The van der Waals surface area contributed by atoms with Gasteiger partial charge in [0, 0.05) is 6.54 Å². The predicted octanol–water partition coefficient (Wildman–Crippen LogP) is 2.95. The van der Waals surface area contributed by atoms with Gasteiger partial charge in [0.25, 0.3) is 0 Å². The fourth-order valence-electron chi connectivity index (χ4n) is 3.03. The van der Waals surface area contributed by atoms with Gasteiger partial charge in [0.15, 0.2) is 0 Å². The molecule has 1 amide bonds. The number of rotatable bonds is 4. The predicted molar refractivity (Wildman–Crippen MR) is 92.4 cm³/mol. The average molecular weight is 324 g/mol. The Morgan fingerprint density at radius 3 is 2.73 bits per heavy atom. The first-order valence-electron chi connectivity index (χ1n) is 7.77. The molecule has 2 rings (SSSR count). The van der Waals surface area contributed by atoms with Gasteiger partial charge < -0.3 is 11.1 Å². The van der Waals surface area contributed by atoms with Gasteiger partial charge in [0.05, 0.1) is 16.8 Å². The number of nitrogens with one attached hydrogen (secondary N) is 1. The van der Waals surface area contributed by atoms with E-state index in [9.17, 15) is 4.79 Å². The lowest BCUT2D eigenvalue weighted by Crippen LogP contribution is -2.42. The lowest BCUT2D eigenvalue weighted by Gasteiger charge is -2.27. The molecule has 0 bridgehead atoms. The molecule has 4 nitrogen and oxygen atoms in total. The van der Waals surface area contributed by atoms with Gasteiger partial charge in [0.2, 0.25) is 5.91 Å². The van der Waals surface area contributed by atoms with Gasteiger partial charge in [-0.3, -0.25) is 9.69 Å². The van der Waals surface area contributed by atoms with Gasteiger partial charge >= 0.3 is 0 Å². The highest BCUT2D eigenvalue weighted by atomic mass is 35.5. The Morgan fingerprint density at radius 1 is 1.50 bits per heavy atom. The minimum Gasteiger partial charge on any atom is -0.330 e. The molecule has 1 aromatic carbocycles. The first-order valence-corrected chi connectivity index (χ1v) is 8.15. The maximum absolute atomic E-state index is 12.5. The molecule has 0 spiro atoms. The lowest BCUT2D eigenvalue weighted by atomic mass is 9.90. The summed E-state index contributed by atoms with van der Waals surface area (Å²) in [6, 6.07) is 3.70. The summed E-state index contributed by atoms with van der Waals surface area (Å²) < 4.78 is 0. The summed E-state index contributed by atoms with van der Waals surface area (Å²) in [5.74, 6) is -0.0184. The summed E-state index contributed by atoms with van der Waals surface area (Å²) in [6.07, 6.45) is 1.03. The Kier molecular flexibility index (Phi) is 5.15. The quantitative estimate of drug-likeness (QED) is 0.895. The van der Waals surface area contributed by atoms with Crippen LogP contribution in [0.4, 0.5) is 5.69 Å². The molecule has 0 saturated carbocycles. The normalized spacial score (nSPS) is 23.5. The van der Waals surface area contributed by atoms with Gasteiger partial charge in [-0.1, -0.05) is 24.6 Å². The SMILES string of the molecule is Cc1cc(C)c(NC(=O)C(C)N2CCC(C)(CN)C2)c(Cl)c1. The van der Waals surface area contributed by atoms with Gasteiger partial charge in [-0.25, -0.2) is 0 Å². The minimum atomic E-state index is -0.190. The number of hydrogen-bond donors (Lipinski definition) is 2. The third-order valence-electron chi connectivity index (χ3n) is 4.69. The number of nitrogens with zero attached hydrogens (tertiary/aromatic N) is 1. The Labute approximate surface area is 138 Å². The number of halogens is 1. The number of amides is 1. The average Bonchev–Trinajstić information content (AvgIpc) is 2.85. The van der Waals surface area contributed by atoms with E-state index in [1.165, 1.54) is 0 Å². The van der Waals surface area contributed by atoms with E-state index >= 15 is 0 Å². The molecule has 0 radical (unpaired) electrons. The number of hydrogen-bond acceptors (Lipinski definition) is 3. The Balaban J connectivity index is 2.07. The van der Waals surface area contributed by atoms with Crippen LogP contribution in [-0.2, 0) is 4.79 Å². The number of aryl methyl sites for hydroxylation is 2. The zero-order valence-electron chi connectivity index (χ0n) is 13.9. The van der Waals surface area contributed by atoms with Crippen molar-refractivity contribution in [3.05, 3.63) is 28.3 Å². The molecule has 3 N–H and O–H groups in total. The Morgan fingerprint density at radius 2 is 2.18 bits per heavy atom. The van der Waals surface area contributed by atoms with Gasteiger partial charge in [-0.2, -0.15) is 0 Å². The van der Waals surface area contributed by atoms with Crippen LogP contribution >= 0.6 is 11.6 Å². The van der Waals surface area contributed by atoms with Crippen molar-refractivity contribution in [2.24, 2.45) is 11.1 Å². The molecule has 5 heteroatoms. The number of carbonyl (C=O) groups is 1. The monoisotopic (exact) mass is 323 g/mol. The minimum absolute atomic E-state index is 0.0184. The van der Waals surface area contributed by atoms with Crippen molar-refractivity contribution in [3.8, 4) is 0 Å². The van der Waals surface area contributed by atoms with Gasteiger partial charge in [-0.05, 0) is 62.9 Å². The molecular formula is C17H26ClN3O. The van der Waals surface area contributed by atoms with Crippen LogP contribution in [0.25, 0.3) is 0 Å². The molecule has 1 saturated heterocycles. The van der Waals surface area contributed by atoms with Crippen LogP contribution < -0.4 is 11.1 Å². The highest BCUT2D eigenvalue weighted by Gasteiger charge is 2.36. The van der Waals surface area contributed by atoms with E-state index in [2.05, 4.69) is 17.1 Å². The molecule has 2 unspecified atom stereocenters. The molecular weight excluding hydrogens is 298 g/mol. The summed E-state index contributed by atoms with van der Waals surface area (Å²) >= 11 is 6.27. The van der Waals surface area contributed by atoms with E-state index in [4.69, 9.17) is 17.3 Å². The smallest absolute Gasteiger partial charge is 0.241 e. The van der Waals surface area contributed by atoms with Crippen LogP contribution in [0.3, 0.4) is 0 Å².